The first-order valence-corrected chi connectivity index (χ1v) is 4.26. The number of carbonyl (C=O) groups is 2. The molecule has 0 spiro atoms. The molecule has 15 heavy (non-hydrogen) atoms. The lowest BCUT2D eigenvalue weighted by atomic mass is 9.96. The third-order valence-electron chi connectivity index (χ3n) is 2.08. The Hall–Kier alpha value is -2.15. The molecular formula is C11H9NO3. The highest BCUT2D eigenvalue weighted by atomic mass is 16.4. The Kier molecular flexibility index (Phi) is 2.86. The van der Waals surface area contributed by atoms with Gasteiger partial charge in [0.1, 0.15) is 0 Å². The summed E-state index contributed by atoms with van der Waals surface area (Å²) >= 11 is 0. The van der Waals surface area contributed by atoms with Gasteiger partial charge >= 0.3 is 5.97 Å². The number of carbonyl (C=O) groups excluding carboxylic acids is 1. The Morgan fingerprint density at radius 1 is 1.27 bits per heavy atom. The van der Waals surface area contributed by atoms with Gasteiger partial charge in [0.25, 0.3) is 5.78 Å². The predicted octanol–water partition coefficient (Wildman–Crippen LogP) is 1.44. The molecule has 0 radical (unpaired) electrons. The zero-order chi connectivity index (χ0) is 11.6. The summed E-state index contributed by atoms with van der Waals surface area (Å²) in [5.41, 5.74) is 1.62. The molecule has 1 N–H and O–H groups in total. The minimum atomic E-state index is -1.48. The molecule has 0 atom stereocenters. The Labute approximate surface area is 86.8 Å². The Morgan fingerprint density at radius 3 is 2.07 bits per heavy atom. The molecule has 0 amide bonds. The zero-order valence-electron chi connectivity index (χ0n) is 8.37. The van der Waals surface area contributed by atoms with Crippen LogP contribution in [0.1, 0.15) is 27.0 Å². The van der Waals surface area contributed by atoms with Crippen LogP contribution in [0, 0.1) is 25.2 Å². The molecule has 0 bridgehead atoms. The summed E-state index contributed by atoms with van der Waals surface area (Å²) in [6.45, 7) is 3.23. The van der Waals surface area contributed by atoms with E-state index in [4.69, 9.17) is 10.4 Å². The van der Waals surface area contributed by atoms with Gasteiger partial charge in [0.2, 0.25) is 0 Å². The van der Waals surface area contributed by atoms with Crippen molar-refractivity contribution in [1.29, 1.82) is 5.26 Å². The smallest absolute Gasteiger partial charge is 0.377 e. The van der Waals surface area contributed by atoms with Crippen LogP contribution in [0.25, 0.3) is 0 Å². The van der Waals surface area contributed by atoms with Gasteiger partial charge in [-0.25, -0.2) is 4.79 Å². The van der Waals surface area contributed by atoms with Gasteiger partial charge in [-0.2, -0.15) is 5.26 Å². The number of hydrogen-bond acceptors (Lipinski definition) is 3. The molecule has 1 aromatic carbocycles. The third kappa shape index (κ3) is 2.02. The molecule has 4 heteroatoms. The summed E-state index contributed by atoms with van der Waals surface area (Å²) in [5, 5.41) is 17.3. The van der Waals surface area contributed by atoms with E-state index in [-0.39, 0.29) is 5.56 Å². The lowest BCUT2D eigenvalue weighted by Crippen LogP contribution is -2.15. The fourth-order valence-electron chi connectivity index (χ4n) is 1.49. The number of rotatable bonds is 2. The summed E-state index contributed by atoms with van der Waals surface area (Å²) in [6.07, 6.45) is 0. The largest absolute Gasteiger partial charge is 0.475 e. The minimum Gasteiger partial charge on any atom is -0.475 e. The average molecular weight is 203 g/mol. The maximum absolute atomic E-state index is 11.3. The van der Waals surface area contributed by atoms with Gasteiger partial charge in [-0.1, -0.05) is 0 Å². The van der Waals surface area contributed by atoms with Crippen LogP contribution >= 0.6 is 0 Å². The molecular weight excluding hydrogens is 194 g/mol. The molecule has 1 rings (SSSR count). The van der Waals surface area contributed by atoms with E-state index in [0.29, 0.717) is 16.7 Å². The van der Waals surface area contributed by atoms with Crippen LogP contribution in [-0.4, -0.2) is 16.9 Å². The number of nitriles is 1. The molecule has 0 aliphatic heterocycles. The number of carboxylic acids is 1. The Bertz CT molecular complexity index is 460. The van der Waals surface area contributed by atoms with Gasteiger partial charge < -0.3 is 5.11 Å². The molecule has 0 unspecified atom stereocenters. The molecule has 0 fully saturated rings. The molecule has 0 heterocycles. The zero-order valence-corrected chi connectivity index (χ0v) is 8.37. The van der Waals surface area contributed by atoms with E-state index in [0.717, 1.165) is 0 Å². The highest BCUT2D eigenvalue weighted by Gasteiger charge is 2.19. The first-order chi connectivity index (χ1) is 6.97. The number of aliphatic carboxylic acids is 1. The topological polar surface area (TPSA) is 78.2 Å². The number of benzene rings is 1. The van der Waals surface area contributed by atoms with Crippen molar-refractivity contribution in [3.8, 4) is 6.07 Å². The number of aryl methyl sites for hydroxylation is 2. The molecule has 1 aromatic rings. The van der Waals surface area contributed by atoms with Crippen molar-refractivity contribution in [2.24, 2.45) is 0 Å². The minimum absolute atomic E-state index is 0.168. The SMILES string of the molecule is Cc1cc(C#N)cc(C)c1C(=O)C(=O)O. The van der Waals surface area contributed by atoms with Crippen LogP contribution < -0.4 is 0 Å². The quantitative estimate of drug-likeness (QED) is 0.582. The van der Waals surface area contributed by atoms with E-state index < -0.39 is 11.8 Å². The fraction of sp³-hybridized carbons (Fsp3) is 0.182. The van der Waals surface area contributed by atoms with Crippen LogP contribution in [-0.2, 0) is 4.79 Å². The Balaban J connectivity index is 3.39. The first-order valence-electron chi connectivity index (χ1n) is 4.26. The maximum atomic E-state index is 11.3. The number of Topliss-reactive ketones (excluding diaryl/α,β-unsaturated/α-hetero) is 1. The predicted molar refractivity (Wildman–Crippen MR) is 52.6 cm³/mol. The van der Waals surface area contributed by atoms with Gasteiger partial charge in [0.15, 0.2) is 0 Å². The van der Waals surface area contributed by atoms with E-state index in [9.17, 15) is 9.59 Å². The molecule has 0 saturated carbocycles. The lowest BCUT2D eigenvalue weighted by molar-refractivity contribution is -0.131. The van der Waals surface area contributed by atoms with E-state index >= 15 is 0 Å². The standard InChI is InChI=1S/C11H9NO3/c1-6-3-8(5-12)4-7(2)9(6)10(13)11(14)15/h3-4H,1-2H3,(H,14,15). The normalized spacial score (nSPS) is 9.40. The first kappa shape index (κ1) is 10.9. The highest BCUT2D eigenvalue weighted by molar-refractivity contribution is 6.40. The van der Waals surface area contributed by atoms with Crippen molar-refractivity contribution in [2.45, 2.75) is 13.8 Å². The molecule has 0 aliphatic carbocycles. The van der Waals surface area contributed by atoms with E-state index in [1.165, 1.54) is 12.1 Å². The van der Waals surface area contributed by atoms with Crippen molar-refractivity contribution in [3.05, 3.63) is 34.4 Å². The van der Waals surface area contributed by atoms with Gasteiger partial charge in [-0.05, 0) is 37.1 Å². The molecule has 0 saturated heterocycles. The van der Waals surface area contributed by atoms with Gasteiger partial charge in [-0.3, -0.25) is 4.79 Å². The van der Waals surface area contributed by atoms with Crippen molar-refractivity contribution in [2.75, 3.05) is 0 Å². The van der Waals surface area contributed by atoms with Crippen molar-refractivity contribution >= 4 is 11.8 Å². The number of hydrogen-bond donors (Lipinski definition) is 1. The highest BCUT2D eigenvalue weighted by Crippen LogP contribution is 2.17. The molecule has 0 aliphatic rings. The van der Waals surface area contributed by atoms with E-state index in [1.54, 1.807) is 13.8 Å². The van der Waals surface area contributed by atoms with Crippen LogP contribution in [0.3, 0.4) is 0 Å². The summed E-state index contributed by atoms with van der Waals surface area (Å²) < 4.78 is 0. The summed E-state index contributed by atoms with van der Waals surface area (Å²) in [7, 11) is 0. The average Bonchev–Trinajstić information content (AvgIpc) is 2.16. The van der Waals surface area contributed by atoms with Crippen molar-refractivity contribution in [1.82, 2.24) is 0 Å². The molecule has 76 valence electrons. The number of carboxylic acid groups (broad SMARTS) is 1. The van der Waals surface area contributed by atoms with Gasteiger partial charge in [-0.15, -0.1) is 0 Å². The van der Waals surface area contributed by atoms with Crippen molar-refractivity contribution < 1.29 is 14.7 Å². The van der Waals surface area contributed by atoms with Crippen LogP contribution in [0.5, 0.6) is 0 Å². The van der Waals surface area contributed by atoms with E-state index in [2.05, 4.69) is 0 Å². The summed E-state index contributed by atoms with van der Waals surface area (Å²) in [4.78, 5) is 21.8. The van der Waals surface area contributed by atoms with Gasteiger partial charge in [0.05, 0.1) is 11.6 Å². The second kappa shape index (κ2) is 3.93. The lowest BCUT2D eigenvalue weighted by Gasteiger charge is -2.06. The second-order valence-corrected chi connectivity index (χ2v) is 3.23. The van der Waals surface area contributed by atoms with Crippen LogP contribution in [0.15, 0.2) is 12.1 Å². The number of ketones is 1. The Morgan fingerprint density at radius 2 is 1.73 bits per heavy atom. The fourth-order valence-corrected chi connectivity index (χ4v) is 1.49. The summed E-state index contributed by atoms with van der Waals surface area (Å²) in [6, 6.07) is 4.95. The second-order valence-electron chi connectivity index (χ2n) is 3.23. The molecule has 4 nitrogen and oxygen atoms in total. The van der Waals surface area contributed by atoms with E-state index in [1.807, 2.05) is 6.07 Å². The molecule has 0 aromatic heterocycles. The third-order valence-corrected chi connectivity index (χ3v) is 2.08. The maximum Gasteiger partial charge on any atom is 0.377 e. The number of nitrogens with zero attached hydrogens (tertiary/aromatic N) is 1. The van der Waals surface area contributed by atoms with Crippen LogP contribution in [0.4, 0.5) is 0 Å². The van der Waals surface area contributed by atoms with Crippen LogP contribution in [0.2, 0.25) is 0 Å². The van der Waals surface area contributed by atoms with Gasteiger partial charge in [0, 0.05) is 5.56 Å². The van der Waals surface area contributed by atoms with Crippen molar-refractivity contribution in [3.63, 3.8) is 0 Å². The summed E-state index contributed by atoms with van der Waals surface area (Å²) in [5.74, 6) is -2.42. The monoisotopic (exact) mass is 203 g/mol.